The summed E-state index contributed by atoms with van der Waals surface area (Å²) in [5.74, 6) is 0.712. The summed E-state index contributed by atoms with van der Waals surface area (Å²) in [6.45, 7) is 9.01. The van der Waals surface area contributed by atoms with Crippen LogP contribution in [0.3, 0.4) is 0 Å². The van der Waals surface area contributed by atoms with Crippen molar-refractivity contribution < 1.29 is 4.74 Å². The second kappa shape index (κ2) is 6.07. The molecule has 0 aliphatic rings. The first-order valence-corrected chi connectivity index (χ1v) is 7.92. The molecule has 3 heterocycles. The SMILES string of the molecule is CCOc1ccc(Cn2cnc3cc(C(C)(C)C)nn3c2=O)nc1. The van der Waals surface area contributed by atoms with E-state index in [-0.39, 0.29) is 11.1 Å². The van der Waals surface area contributed by atoms with Crippen LogP contribution in [0.1, 0.15) is 39.1 Å². The lowest BCUT2D eigenvalue weighted by molar-refractivity contribution is 0.338. The third kappa shape index (κ3) is 3.15. The Hall–Kier alpha value is -2.70. The standard InChI is InChI=1S/C17H21N5O2/c1-5-24-13-7-6-12(18-9-13)10-21-11-19-15-8-14(17(2,3)4)20-22(15)16(21)23/h6-9,11H,5,10H2,1-4H3. The summed E-state index contributed by atoms with van der Waals surface area (Å²) in [7, 11) is 0. The largest absolute Gasteiger partial charge is 0.492 e. The van der Waals surface area contributed by atoms with Crippen LogP contribution in [0, 0.1) is 0 Å². The molecular weight excluding hydrogens is 306 g/mol. The lowest BCUT2D eigenvalue weighted by Gasteiger charge is -2.13. The molecule has 0 fully saturated rings. The van der Waals surface area contributed by atoms with Gasteiger partial charge in [0.1, 0.15) is 12.1 Å². The number of ether oxygens (including phenoxy) is 1. The first kappa shape index (κ1) is 16.2. The van der Waals surface area contributed by atoms with Gasteiger partial charge in [-0.2, -0.15) is 9.61 Å². The van der Waals surface area contributed by atoms with Crippen molar-refractivity contribution >= 4 is 5.65 Å². The Labute approximate surface area is 139 Å². The molecule has 0 bridgehead atoms. The van der Waals surface area contributed by atoms with Gasteiger partial charge in [-0.05, 0) is 19.1 Å². The van der Waals surface area contributed by atoms with Gasteiger partial charge in [-0.25, -0.2) is 9.78 Å². The van der Waals surface area contributed by atoms with E-state index in [4.69, 9.17) is 4.74 Å². The van der Waals surface area contributed by atoms with E-state index in [0.29, 0.717) is 24.5 Å². The monoisotopic (exact) mass is 327 g/mol. The second-order valence-corrected chi connectivity index (χ2v) is 6.62. The molecule has 0 amide bonds. The number of fused-ring (bicyclic) bond motifs is 1. The Morgan fingerprint density at radius 1 is 1.21 bits per heavy atom. The second-order valence-electron chi connectivity index (χ2n) is 6.62. The maximum atomic E-state index is 12.6. The minimum absolute atomic E-state index is 0.137. The highest BCUT2D eigenvalue weighted by Gasteiger charge is 2.19. The van der Waals surface area contributed by atoms with Gasteiger partial charge in [-0.3, -0.25) is 9.55 Å². The van der Waals surface area contributed by atoms with Gasteiger partial charge in [0.15, 0.2) is 5.65 Å². The minimum Gasteiger partial charge on any atom is -0.492 e. The van der Waals surface area contributed by atoms with Crippen LogP contribution in [-0.2, 0) is 12.0 Å². The van der Waals surface area contributed by atoms with E-state index in [0.717, 1.165) is 11.4 Å². The Balaban J connectivity index is 1.92. The Morgan fingerprint density at radius 2 is 2.00 bits per heavy atom. The zero-order valence-electron chi connectivity index (χ0n) is 14.4. The van der Waals surface area contributed by atoms with Crippen molar-refractivity contribution in [2.24, 2.45) is 0 Å². The predicted molar refractivity (Wildman–Crippen MR) is 90.5 cm³/mol. The Morgan fingerprint density at radius 3 is 2.62 bits per heavy atom. The van der Waals surface area contributed by atoms with Crippen molar-refractivity contribution in [2.75, 3.05) is 6.61 Å². The fourth-order valence-corrected chi connectivity index (χ4v) is 2.31. The summed E-state index contributed by atoms with van der Waals surface area (Å²) >= 11 is 0. The van der Waals surface area contributed by atoms with Gasteiger partial charge in [0, 0.05) is 11.5 Å². The van der Waals surface area contributed by atoms with Crippen molar-refractivity contribution in [3.8, 4) is 5.75 Å². The molecule has 0 aliphatic carbocycles. The maximum absolute atomic E-state index is 12.6. The van der Waals surface area contributed by atoms with E-state index in [9.17, 15) is 4.79 Å². The summed E-state index contributed by atoms with van der Waals surface area (Å²) < 4.78 is 8.21. The van der Waals surface area contributed by atoms with E-state index < -0.39 is 0 Å². The van der Waals surface area contributed by atoms with Gasteiger partial charge in [-0.15, -0.1) is 0 Å². The maximum Gasteiger partial charge on any atom is 0.352 e. The molecule has 3 aromatic rings. The molecule has 24 heavy (non-hydrogen) atoms. The number of nitrogens with zero attached hydrogens (tertiary/aromatic N) is 5. The fourth-order valence-electron chi connectivity index (χ4n) is 2.31. The highest BCUT2D eigenvalue weighted by atomic mass is 16.5. The van der Waals surface area contributed by atoms with Gasteiger partial charge < -0.3 is 4.74 Å². The molecule has 7 nitrogen and oxygen atoms in total. The molecule has 3 aromatic heterocycles. The molecule has 0 radical (unpaired) electrons. The van der Waals surface area contributed by atoms with Crippen LogP contribution in [0.2, 0.25) is 0 Å². The number of hydrogen-bond donors (Lipinski definition) is 0. The van der Waals surface area contributed by atoms with Crippen molar-refractivity contribution in [3.05, 3.63) is 52.6 Å². The molecule has 0 saturated heterocycles. The van der Waals surface area contributed by atoms with Crippen molar-refractivity contribution in [2.45, 2.75) is 39.7 Å². The van der Waals surface area contributed by atoms with Gasteiger partial charge in [0.25, 0.3) is 0 Å². The van der Waals surface area contributed by atoms with E-state index in [2.05, 4.69) is 35.8 Å². The van der Waals surface area contributed by atoms with E-state index in [1.807, 2.05) is 25.1 Å². The molecule has 0 spiro atoms. The topological polar surface area (TPSA) is 74.3 Å². The number of rotatable bonds is 4. The lowest BCUT2D eigenvalue weighted by Crippen LogP contribution is -2.28. The number of pyridine rings is 1. The van der Waals surface area contributed by atoms with Gasteiger partial charge in [0.2, 0.25) is 0 Å². The van der Waals surface area contributed by atoms with Crippen LogP contribution in [0.15, 0.2) is 35.5 Å². The van der Waals surface area contributed by atoms with Crippen molar-refractivity contribution in [1.29, 1.82) is 0 Å². The molecule has 0 saturated carbocycles. The average Bonchev–Trinajstić information content (AvgIpc) is 2.97. The first-order chi connectivity index (χ1) is 11.4. The molecule has 0 aromatic carbocycles. The van der Waals surface area contributed by atoms with Gasteiger partial charge in [-0.1, -0.05) is 20.8 Å². The molecule has 0 aliphatic heterocycles. The summed E-state index contributed by atoms with van der Waals surface area (Å²) in [5, 5.41) is 4.40. The van der Waals surface area contributed by atoms with Crippen LogP contribution in [0.5, 0.6) is 5.75 Å². The zero-order chi connectivity index (χ0) is 17.3. The van der Waals surface area contributed by atoms with Crippen LogP contribution in [0.25, 0.3) is 5.65 Å². The number of aromatic nitrogens is 5. The fraction of sp³-hybridized carbons (Fsp3) is 0.412. The zero-order valence-corrected chi connectivity index (χ0v) is 14.4. The summed E-state index contributed by atoms with van der Waals surface area (Å²) in [4.78, 5) is 21.3. The van der Waals surface area contributed by atoms with Crippen molar-refractivity contribution in [3.63, 3.8) is 0 Å². The van der Waals surface area contributed by atoms with E-state index >= 15 is 0 Å². The normalized spacial score (nSPS) is 11.8. The number of hydrogen-bond acceptors (Lipinski definition) is 5. The van der Waals surface area contributed by atoms with Crippen LogP contribution in [0.4, 0.5) is 0 Å². The summed E-state index contributed by atoms with van der Waals surface area (Å²) in [6, 6.07) is 5.53. The molecule has 7 heteroatoms. The van der Waals surface area contributed by atoms with Crippen LogP contribution in [-0.4, -0.2) is 30.8 Å². The lowest BCUT2D eigenvalue weighted by atomic mass is 9.93. The van der Waals surface area contributed by atoms with Crippen LogP contribution < -0.4 is 10.4 Å². The third-order valence-corrected chi connectivity index (χ3v) is 3.66. The predicted octanol–water partition coefficient (Wildman–Crippen LogP) is 2.03. The molecule has 0 N–H and O–H groups in total. The average molecular weight is 327 g/mol. The molecule has 0 unspecified atom stereocenters. The van der Waals surface area contributed by atoms with E-state index in [1.54, 1.807) is 6.20 Å². The Bertz CT molecular complexity index is 903. The molecule has 3 rings (SSSR count). The summed E-state index contributed by atoms with van der Waals surface area (Å²) in [5.41, 5.74) is 1.78. The third-order valence-electron chi connectivity index (χ3n) is 3.66. The molecule has 0 atom stereocenters. The highest BCUT2D eigenvalue weighted by molar-refractivity contribution is 5.39. The van der Waals surface area contributed by atoms with Crippen molar-refractivity contribution in [1.82, 2.24) is 24.1 Å². The minimum atomic E-state index is -0.230. The van der Waals surface area contributed by atoms with E-state index in [1.165, 1.54) is 15.4 Å². The first-order valence-electron chi connectivity index (χ1n) is 7.92. The van der Waals surface area contributed by atoms with Gasteiger partial charge in [0.05, 0.1) is 30.7 Å². The quantitative estimate of drug-likeness (QED) is 0.733. The van der Waals surface area contributed by atoms with Crippen LogP contribution >= 0.6 is 0 Å². The molecular formula is C17H21N5O2. The molecule has 126 valence electrons. The smallest absolute Gasteiger partial charge is 0.352 e. The highest BCUT2D eigenvalue weighted by Crippen LogP contribution is 2.20. The summed E-state index contributed by atoms with van der Waals surface area (Å²) in [6.07, 6.45) is 3.19. The van der Waals surface area contributed by atoms with Gasteiger partial charge >= 0.3 is 5.69 Å². The Kier molecular flexibility index (Phi) is 4.09.